The molecular formula is C8H6N2O3. The Morgan fingerprint density at radius 2 is 2.38 bits per heavy atom. The Morgan fingerprint density at radius 3 is 3.15 bits per heavy atom. The minimum absolute atomic E-state index is 0.248. The molecule has 0 amide bonds. The number of methoxy groups -OCH3 is 1. The SMILES string of the molecule is COC(=O)c1cc2cnoc2cn1. The molecule has 0 saturated heterocycles. The lowest BCUT2D eigenvalue weighted by atomic mass is 10.3. The number of fused-ring (bicyclic) bond motifs is 1. The van der Waals surface area contributed by atoms with E-state index in [4.69, 9.17) is 4.52 Å². The van der Waals surface area contributed by atoms with E-state index in [0.717, 1.165) is 5.39 Å². The molecule has 2 rings (SSSR count). The molecule has 2 aromatic rings. The van der Waals surface area contributed by atoms with Crippen LogP contribution in [0.25, 0.3) is 11.0 Å². The number of ether oxygens (including phenoxy) is 1. The maximum absolute atomic E-state index is 11.0. The van der Waals surface area contributed by atoms with Crippen LogP contribution in [-0.4, -0.2) is 23.2 Å². The first-order valence-electron chi connectivity index (χ1n) is 3.60. The van der Waals surface area contributed by atoms with Crippen LogP contribution in [0.1, 0.15) is 10.5 Å². The molecule has 13 heavy (non-hydrogen) atoms. The van der Waals surface area contributed by atoms with Gasteiger partial charge in [-0.25, -0.2) is 9.78 Å². The summed E-state index contributed by atoms with van der Waals surface area (Å²) in [5, 5.41) is 4.29. The molecule has 0 atom stereocenters. The fourth-order valence-electron chi connectivity index (χ4n) is 0.992. The van der Waals surface area contributed by atoms with Crippen LogP contribution < -0.4 is 0 Å². The summed E-state index contributed by atoms with van der Waals surface area (Å²) in [5.74, 6) is -0.469. The summed E-state index contributed by atoms with van der Waals surface area (Å²) in [4.78, 5) is 14.9. The molecule has 0 aliphatic heterocycles. The van der Waals surface area contributed by atoms with Crippen molar-refractivity contribution in [2.24, 2.45) is 0 Å². The molecule has 0 radical (unpaired) electrons. The van der Waals surface area contributed by atoms with Crippen molar-refractivity contribution in [1.82, 2.24) is 10.1 Å². The first-order chi connectivity index (χ1) is 6.31. The second-order valence-corrected chi connectivity index (χ2v) is 2.42. The number of carbonyl (C=O) groups is 1. The van der Waals surface area contributed by atoms with Crippen molar-refractivity contribution >= 4 is 16.9 Å². The van der Waals surface area contributed by atoms with Gasteiger partial charge in [-0.2, -0.15) is 0 Å². The van der Waals surface area contributed by atoms with E-state index in [1.165, 1.54) is 19.5 Å². The van der Waals surface area contributed by atoms with Crippen molar-refractivity contribution < 1.29 is 14.1 Å². The van der Waals surface area contributed by atoms with E-state index in [-0.39, 0.29) is 5.69 Å². The lowest BCUT2D eigenvalue weighted by molar-refractivity contribution is 0.0594. The highest BCUT2D eigenvalue weighted by Crippen LogP contribution is 2.12. The van der Waals surface area contributed by atoms with E-state index in [1.807, 2.05) is 0 Å². The van der Waals surface area contributed by atoms with Gasteiger partial charge < -0.3 is 9.26 Å². The van der Waals surface area contributed by atoms with Crippen LogP contribution >= 0.6 is 0 Å². The van der Waals surface area contributed by atoms with Gasteiger partial charge in [0.15, 0.2) is 5.58 Å². The van der Waals surface area contributed by atoms with Crippen molar-refractivity contribution in [3.05, 3.63) is 24.2 Å². The molecule has 5 nitrogen and oxygen atoms in total. The van der Waals surface area contributed by atoms with Gasteiger partial charge in [0, 0.05) is 5.39 Å². The number of hydrogen-bond acceptors (Lipinski definition) is 5. The van der Waals surface area contributed by atoms with Crippen LogP contribution in [0, 0.1) is 0 Å². The molecule has 2 aromatic heterocycles. The minimum Gasteiger partial charge on any atom is -0.464 e. The summed E-state index contributed by atoms with van der Waals surface area (Å²) >= 11 is 0. The second-order valence-electron chi connectivity index (χ2n) is 2.42. The summed E-state index contributed by atoms with van der Waals surface area (Å²) < 4.78 is 9.33. The second kappa shape index (κ2) is 2.85. The lowest BCUT2D eigenvalue weighted by Crippen LogP contribution is -2.03. The standard InChI is InChI=1S/C8H6N2O3/c1-12-8(11)6-2-5-3-10-13-7(5)4-9-6/h2-4H,1H3. The van der Waals surface area contributed by atoms with Crippen LogP contribution in [0.5, 0.6) is 0 Å². The van der Waals surface area contributed by atoms with E-state index < -0.39 is 5.97 Å². The molecule has 0 aliphatic rings. The van der Waals surface area contributed by atoms with Crippen LogP contribution in [0.15, 0.2) is 23.0 Å². The third kappa shape index (κ3) is 1.24. The molecule has 0 fully saturated rings. The maximum atomic E-state index is 11.0. The predicted octanol–water partition coefficient (Wildman–Crippen LogP) is 1.01. The Bertz CT molecular complexity index is 449. The minimum atomic E-state index is -0.469. The van der Waals surface area contributed by atoms with Gasteiger partial charge >= 0.3 is 5.97 Å². The van der Waals surface area contributed by atoms with Crippen molar-refractivity contribution in [1.29, 1.82) is 0 Å². The number of nitrogens with zero attached hydrogens (tertiary/aromatic N) is 2. The number of rotatable bonds is 1. The zero-order chi connectivity index (χ0) is 9.26. The average Bonchev–Trinajstić information content (AvgIpc) is 2.63. The largest absolute Gasteiger partial charge is 0.464 e. The number of esters is 1. The highest BCUT2D eigenvalue weighted by atomic mass is 16.5. The molecule has 66 valence electrons. The van der Waals surface area contributed by atoms with Crippen molar-refractivity contribution in [2.75, 3.05) is 7.11 Å². The van der Waals surface area contributed by atoms with E-state index in [2.05, 4.69) is 14.9 Å². The molecule has 0 spiro atoms. The van der Waals surface area contributed by atoms with Crippen molar-refractivity contribution in [2.45, 2.75) is 0 Å². The van der Waals surface area contributed by atoms with Crippen LogP contribution in [0.3, 0.4) is 0 Å². The molecule has 0 unspecified atom stereocenters. The molecule has 0 aromatic carbocycles. The quantitative estimate of drug-likeness (QED) is 0.609. The Labute approximate surface area is 73.3 Å². The van der Waals surface area contributed by atoms with E-state index in [1.54, 1.807) is 6.07 Å². The van der Waals surface area contributed by atoms with Gasteiger partial charge in [0.1, 0.15) is 5.69 Å². The average molecular weight is 178 g/mol. The van der Waals surface area contributed by atoms with E-state index >= 15 is 0 Å². The van der Waals surface area contributed by atoms with Gasteiger partial charge in [0.25, 0.3) is 0 Å². The highest BCUT2D eigenvalue weighted by molar-refractivity contribution is 5.91. The molecule has 0 aliphatic carbocycles. The van der Waals surface area contributed by atoms with Gasteiger partial charge in [-0.1, -0.05) is 5.16 Å². The lowest BCUT2D eigenvalue weighted by Gasteiger charge is -1.95. The number of pyridine rings is 1. The Kier molecular flexibility index (Phi) is 1.70. The van der Waals surface area contributed by atoms with Crippen molar-refractivity contribution in [3.63, 3.8) is 0 Å². The van der Waals surface area contributed by atoms with Crippen molar-refractivity contribution in [3.8, 4) is 0 Å². The third-order valence-corrected chi connectivity index (χ3v) is 1.64. The molecular weight excluding hydrogens is 172 g/mol. The maximum Gasteiger partial charge on any atom is 0.356 e. The molecule has 2 heterocycles. The fourth-order valence-corrected chi connectivity index (χ4v) is 0.992. The Hall–Kier alpha value is -1.91. The summed E-state index contributed by atoms with van der Waals surface area (Å²) in [7, 11) is 1.31. The van der Waals surface area contributed by atoms with E-state index in [0.29, 0.717) is 5.58 Å². The van der Waals surface area contributed by atoms with Gasteiger partial charge in [-0.3, -0.25) is 0 Å². The highest BCUT2D eigenvalue weighted by Gasteiger charge is 2.08. The first-order valence-corrected chi connectivity index (χ1v) is 3.60. The predicted molar refractivity (Wildman–Crippen MR) is 43.1 cm³/mol. The molecule has 5 heteroatoms. The summed E-state index contributed by atoms with van der Waals surface area (Å²) in [6.45, 7) is 0. The summed E-state index contributed by atoms with van der Waals surface area (Å²) in [5.41, 5.74) is 0.797. The van der Waals surface area contributed by atoms with Gasteiger partial charge in [-0.15, -0.1) is 0 Å². The fraction of sp³-hybridized carbons (Fsp3) is 0.125. The Morgan fingerprint density at radius 1 is 1.54 bits per heavy atom. The third-order valence-electron chi connectivity index (χ3n) is 1.64. The molecule has 0 N–H and O–H groups in total. The van der Waals surface area contributed by atoms with Gasteiger partial charge in [0.05, 0.1) is 19.5 Å². The summed E-state index contributed by atoms with van der Waals surface area (Å²) in [6, 6.07) is 1.57. The number of carbonyl (C=O) groups excluding carboxylic acids is 1. The summed E-state index contributed by atoms with van der Waals surface area (Å²) in [6.07, 6.45) is 2.96. The Balaban J connectivity index is 2.54. The molecule has 0 saturated carbocycles. The van der Waals surface area contributed by atoms with Gasteiger partial charge in [0.2, 0.25) is 0 Å². The zero-order valence-corrected chi connectivity index (χ0v) is 6.85. The topological polar surface area (TPSA) is 65.2 Å². The van der Waals surface area contributed by atoms with Crippen LogP contribution in [0.2, 0.25) is 0 Å². The van der Waals surface area contributed by atoms with Crippen LogP contribution in [-0.2, 0) is 4.74 Å². The molecule has 0 bridgehead atoms. The zero-order valence-electron chi connectivity index (χ0n) is 6.85. The van der Waals surface area contributed by atoms with E-state index in [9.17, 15) is 4.79 Å². The number of aromatic nitrogens is 2. The normalized spacial score (nSPS) is 10.2. The number of hydrogen-bond donors (Lipinski definition) is 0. The van der Waals surface area contributed by atoms with Crippen LogP contribution in [0.4, 0.5) is 0 Å². The monoisotopic (exact) mass is 178 g/mol. The smallest absolute Gasteiger partial charge is 0.356 e. The van der Waals surface area contributed by atoms with Gasteiger partial charge in [-0.05, 0) is 6.07 Å². The first kappa shape index (κ1) is 7.72.